The average Bonchev–Trinajstić information content (AvgIpc) is 2.63. The molecule has 0 N–H and O–H groups in total. The molecule has 4 aromatic rings. The Morgan fingerprint density at radius 1 is 0.792 bits per heavy atom. The van der Waals surface area contributed by atoms with Crippen molar-refractivity contribution in [1.82, 2.24) is 4.98 Å². The first kappa shape index (κ1) is 14.7. The zero-order chi connectivity index (χ0) is 16.5. The molecule has 4 heteroatoms. The molecule has 0 aliphatic carbocycles. The van der Waals surface area contributed by atoms with Crippen LogP contribution < -0.4 is 4.73 Å². The van der Waals surface area contributed by atoms with Gasteiger partial charge in [0.2, 0.25) is 5.52 Å². The van der Waals surface area contributed by atoms with E-state index in [0.717, 1.165) is 15.9 Å². The van der Waals surface area contributed by atoms with Crippen molar-refractivity contribution in [2.24, 2.45) is 0 Å². The normalized spacial score (nSPS) is 10.9. The van der Waals surface area contributed by atoms with Crippen LogP contribution >= 0.6 is 11.6 Å². The fraction of sp³-hybridized carbons (Fsp3) is 0. The van der Waals surface area contributed by atoms with Gasteiger partial charge in [0.15, 0.2) is 0 Å². The first-order valence-corrected chi connectivity index (χ1v) is 7.95. The van der Waals surface area contributed by atoms with Crippen molar-refractivity contribution in [2.45, 2.75) is 0 Å². The molecule has 24 heavy (non-hydrogen) atoms. The Kier molecular flexibility index (Phi) is 3.63. The van der Waals surface area contributed by atoms with Gasteiger partial charge in [-0.3, -0.25) is 0 Å². The second-order valence-electron chi connectivity index (χ2n) is 5.47. The quantitative estimate of drug-likeness (QED) is 0.388. The lowest BCUT2D eigenvalue weighted by molar-refractivity contribution is -0.564. The van der Waals surface area contributed by atoms with Crippen LogP contribution in [0.2, 0.25) is 5.02 Å². The summed E-state index contributed by atoms with van der Waals surface area (Å²) in [5.41, 5.74) is 3.98. The highest BCUT2D eigenvalue weighted by atomic mass is 35.5. The topological polar surface area (TPSA) is 39.8 Å². The predicted octanol–water partition coefficient (Wildman–Crippen LogP) is 4.86. The average molecular weight is 333 g/mol. The summed E-state index contributed by atoms with van der Waals surface area (Å²) in [6.07, 6.45) is 0. The Morgan fingerprint density at radius 3 is 2.08 bits per heavy atom. The highest BCUT2D eigenvalue weighted by molar-refractivity contribution is 6.31. The van der Waals surface area contributed by atoms with Crippen LogP contribution in [-0.4, -0.2) is 4.98 Å². The Bertz CT molecular complexity index is 1020. The van der Waals surface area contributed by atoms with E-state index in [9.17, 15) is 5.21 Å². The van der Waals surface area contributed by atoms with Gasteiger partial charge in [-0.2, -0.15) is 4.73 Å². The maximum atomic E-state index is 13.1. The fourth-order valence-electron chi connectivity index (χ4n) is 2.80. The number of aromatic nitrogens is 2. The number of fused-ring (bicyclic) bond motifs is 1. The molecule has 4 rings (SSSR count). The lowest BCUT2D eigenvalue weighted by Gasteiger charge is -2.12. The van der Waals surface area contributed by atoms with Crippen molar-refractivity contribution in [3.8, 4) is 22.5 Å². The van der Waals surface area contributed by atoms with Gasteiger partial charge < -0.3 is 5.21 Å². The first-order valence-electron chi connectivity index (χ1n) is 7.58. The zero-order valence-electron chi connectivity index (χ0n) is 12.7. The highest BCUT2D eigenvalue weighted by Crippen LogP contribution is 2.30. The van der Waals surface area contributed by atoms with Crippen LogP contribution in [0.15, 0.2) is 78.9 Å². The van der Waals surface area contributed by atoms with Crippen LogP contribution in [0.1, 0.15) is 0 Å². The molecule has 0 aliphatic rings. The van der Waals surface area contributed by atoms with E-state index in [0.29, 0.717) is 27.4 Å². The molecule has 1 heterocycles. The van der Waals surface area contributed by atoms with Crippen LogP contribution in [0, 0.1) is 5.21 Å². The summed E-state index contributed by atoms with van der Waals surface area (Å²) in [4.78, 5) is 4.74. The Labute approximate surface area is 144 Å². The van der Waals surface area contributed by atoms with Gasteiger partial charge in [-0.25, -0.2) is 4.98 Å². The lowest BCUT2D eigenvalue weighted by Crippen LogP contribution is -2.31. The van der Waals surface area contributed by atoms with E-state index in [2.05, 4.69) is 0 Å². The van der Waals surface area contributed by atoms with Crippen molar-refractivity contribution in [3.05, 3.63) is 89.1 Å². The first-order chi connectivity index (χ1) is 11.7. The molecule has 0 saturated heterocycles. The van der Waals surface area contributed by atoms with Gasteiger partial charge >= 0.3 is 0 Å². The van der Waals surface area contributed by atoms with Gasteiger partial charge in [0.05, 0.1) is 0 Å². The summed E-state index contributed by atoms with van der Waals surface area (Å²) in [6.45, 7) is 0. The smallest absolute Gasteiger partial charge is 0.250 e. The second kappa shape index (κ2) is 5.95. The van der Waals surface area contributed by atoms with Crippen LogP contribution in [0.3, 0.4) is 0 Å². The number of hydrogen-bond donors (Lipinski definition) is 0. The minimum atomic E-state index is 0.498. The van der Waals surface area contributed by atoms with Crippen LogP contribution in [-0.2, 0) is 0 Å². The van der Waals surface area contributed by atoms with Crippen molar-refractivity contribution in [1.29, 1.82) is 0 Å². The van der Waals surface area contributed by atoms with Gasteiger partial charge in [-0.05, 0) is 24.3 Å². The molecule has 1 aromatic heterocycles. The van der Waals surface area contributed by atoms with Gasteiger partial charge in [-0.15, -0.1) is 0 Å². The summed E-state index contributed by atoms with van der Waals surface area (Å²) < 4.78 is 0.941. The third-order valence-corrected chi connectivity index (χ3v) is 4.15. The third-order valence-electron chi connectivity index (χ3n) is 3.91. The van der Waals surface area contributed by atoms with Crippen LogP contribution in [0.5, 0.6) is 0 Å². The largest absolute Gasteiger partial charge is 0.618 e. The Morgan fingerprint density at radius 2 is 1.42 bits per heavy atom. The van der Waals surface area contributed by atoms with Crippen molar-refractivity contribution < 1.29 is 4.73 Å². The van der Waals surface area contributed by atoms with Crippen LogP contribution in [0.4, 0.5) is 0 Å². The van der Waals surface area contributed by atoms with E-state index in [-0.39, 0.29) is 0 Å². The lowest BCUT2D eigenvalue weighted by atomic mass is 10.0. The van der Waals surface area contributed by atoms with Crippen molar-refractivity contribution >= 4 is 22.6 Å². The molecule has 0 atom stereocenters. The fourth-order valence-corrected chi connectivity index (χ4v) is 2.96. The number of rotatable bonds is 2. The predicted molar refractivity (Wildman–Crippen MR) is 96.6 cm³/mol. The maximum Gasteiger partial charge on any atom is 0.250 e. The number of nitrogens with zero attached hydrogens (tertiary/aromatic N) is 2. The summed E-state index contributed by atoms with van der Waals surface area (Å²) >= 11 is 6.07. The van der Waals surface area contributed by atoms with Crippen molar-refractivity contribution in [3.63, 3.8) is 0 Å². The molecule has 0 unspecified atom stereocenters. The minimum absolute atomic E-state index is 0.498. The molecular formula is C20H13ClN2O. The van der Waals surface area contributed by atoms with Crippen molar-refractivity contribution in [2.75, 3.05) is 0 Å². The summed E-state index contributed by atoms with van der Waals surface area (Å²) in [6, 6.07) is 24.4. The van der Waals surface area contributed by atoms with E-state index < -0.39 is 0 Å². The number of hydrogen-bond acceptors (Lipinski definition) is 2. The third kappa shape index (κ3) is 2.49. The SMILES string of the molecule is [O-][n+]1c(-c2ccccc2)c(-c2ccccc2)nc2cc(Cl)ccc21. The summed E-state index contributed by atoms with van der Waals surface area (Å²) in [7, 11) is 0. The van der Waals surface area contributed by atoms with Gasteiger partial charge in [0.25, 0.3) is 5.69 Å². The van der Waals surface area contributed by atoms with E-state index in [1.807, 2.05) is 60.7 Å². The number of halogens is 1. The highest BCUT2D eigenvalue weighted by Gasteiger charge is 2.22. The van der Waals surface area contributed by atoms with E-state index in [1.54, 1.807) is 18.2 Å². The second-order valence-corrected chi connectivity index (χ2v) is 5.90. The molecule has 3 nitrogen and oxygen atoms in total. The Hall–Kier alpha value is -2.91. The number of benzene rings is 3. The van der Waals surface area contributed by atoms with Crippen LogP contribution in [0.25, 0.3) is 33.5 Å². The molecule has 3 aromatic carbocycles. The minimum Gasteiger partial charge on any atom is -0.618 e. The van der Waals surface area contributed by atoms with Gasteiger partial charge in [0.1, 0.15) is 11.2 Å². The molecule has 0 spiro atoms. The van der Waals surface area contributed by atoms with E-state index in [4.69, 9.17) is 16.6 Å². The molecule has 0 bridgehead atoms. The molecular weight excluding hydrogens is 320 g/mol. The van der Waals surface area contributed by atoms with Gasteiger partial charge in [-0.1, -0.05) is 60.1 Å². The maximum absolute atomic E-state index is 13.1. The molecule has 0 fully saturated rings. The monoisotopic (exact) mass is 332 g/mol. The molecule has 0 amide bonds. The van der Waals surface area contributed by atoms with E-state index in [1.165, 1.54) is 0 Å². The zero-order valence-corrected chi connectivity index (χ0v) is 13.4. The molecule has 0 saturated carbocycles. The Balaban J connectivity index is 2.11. The molecule has 0 aliphatic heterocycles. The molecule has 116 valence electrons. The van der Waals surface area contributed by atoms with E-state index >= 15 is 0 Å². The standard InChI is InChI=1S/C20H13ClN2O/c21-16-11-12-18-17(13-16)22-19(14-7-3-1-4-8-14)20(23(18)24)15-9-5-2-6-10-15/h1-13H. The van der Waals surface area contributed by atoms with Gasteiger partial charge in [0, 0.05) is 22.2 Å². The molecule has 0 radical (unpaired) electrons. The summed E-state index contributed by atoms with van der Waals surface area (Å²) in [5.74, 6) is 0. The summed E-state index contributed by atoms with van der Waals surface area (Å²) in [5, 5.41) is 13.6.